The Kier molecular flexibility index (Phi) is 6.84. The molecule has 0 aliphatic carbocycles. The molecule has 9 heteroatoms. The standard InChI is InChI=1S/C17H27BrN4O3S/c1-10(2)15-14(18)16(21-20-15)17(23)19-11(3)12-6-8-13(9-7-12)26(24,25)22(4)5/h6-11,14-16,20-21H,1-5H3,(H,19,23). The van der Waals surface area contributed by atoms with Gasteiger partial charge in [0.2, 0.25) is 15.9 Å². The quantitative estimate of drug-likeness (QED) is 0.574. The summed E-state index contributed by atoms with van der Waals surface area (Å²) in [4.78, 5) is 12.8. The molecule has 1 heterocycles. The lowest BCUT2D eigenvalue weighted by Crippen LogP contribution is -2.46. The predicted octanol–water partition coefficient (Wildman–Crippen LogP) is 1.38. The van der Waals surface area contributed by atoms with Crippen LogP contribution in [0.2, 0.25) is 0 Å². The molecule has 1 amide bonds. The van der Waals surface area contributed by atoms with Crippen molar-refractivity contribution < 1.29 is 13.2 Å². The van der Waals surface area contributed by atoms with E-state index < -0.39 is 10.0 Å². The second-order valence-corrected chi connectivity index (χ2v) is 10.3. The van der Waals surface area contributed by atoms with Crippen molar-refractivity contribution in [3.05, 3.63) is 29.8 Å². The van der Waals surface area contributed by atoms with Crippen molar-refractivity contribution >= 4 is 31.9 Å². The number of sulfonamides is 1. The normalized spacial score (nSPS) is 24.8. The summed E-state index contributed by atoms with van der Waals surface area (Å²) < 4.78 is 25.4. The van der Waals surface area contributed by atoms with Crippen molar-refractivity contribution in [2.75, 3.05) is 14.1 Å². The molecule has 1 aromatic rings. The summed E-state index contributed by atoms with van der Waals surface area (Å²) in [6.45, 7) is 6.07. The van der Waals surface area contributed by atoms with Gasteiger partial charge in [-0.3, -0.25) is 10.2 Å². The summed E-state index contributed by atoms with van der Waals surface area (Å²) in [6, 6.07) is 6.12. The van der Waals surface area contributed by atoms with E-state index in [1.807, 2.05) is 6.92 Å². The Morgan fingerprint density at radius 1 is 1.15 bits per heavy atom. The van der Waals surface area contributed by atoms with Crippen LogP contribution in [0, 0.1) is 5.92 Å². The highest BCUT2D eigenvalue weighted by atomic mass is 79.9. The third-order valence-electron chi connectivity index (χ3n) is 4.59. The smallest absolute Gasteiger partial charge is 0.242 e. The van der Waals surface area contributed by atoms with Gasteiger partial charge in [-0.25, -0.2) is 18.1 Å². The topological polar surface area (TPSA) is 90.5 Å². The van der Waals surface area contributed by atoms with Gasteiger partial charge < -0.3 is 5.32 Å². The number of hydrogen-bond donors (Lipinski definition) is 3. The van der Waals surface area contributed by atoms with E-state index in [0.29, 0.717) is 5.92 Å². The number of nitrogens with one attached hydrogen (secondary N) is 3. The van der Waals surface area contributed by atoms with Crippen LogP contribution in [0.5, 0.6) is 0 Å². The van der Waals surface area contributed by atoms with Gasteiger partial charge in [-0.05, 0) is 30.5 Å². The summed E-state index contributed by atoms with van der Waals surface area (Å²) in [6.07, 6.45) is 0. The van der Waals surface area contributed by atoms with E-state index in [-0.39, 0.29) is 33.8 Å². The maximum Gasteiger partial charge on any atom is 0.242 e. The molecule has 4 atom stereocenters. The van der Waals surface area contributed by atoms with Crippen molar-refractivity contribution in [2.24, 2.45) is 5.92 Å². The zero-order valence-corrected chi connectivity index (χ0v) is 18.1. The highest BCUT2D eigenvalue weighted by molar-refractivity contribution is 9.09. The molecular weight excluding hydrogens is 420 g/mol. The Balaban J connectivity index is 2.04. The fraction of sp³-hybridized carbons (Fsp3) is 0.588. The van der Waals surface area contributed by atoms with Crippen LogP contribution in [-0.2, 0) is 14.8 Å². The number of nitrogens with zero attached hydrogens (tertiary/aromatic N) is 1. The zero-order chi connectivity index (χ0) is 19.6. The highest BCUT2D eigenvalue weighted by Crippen LogP contribution is 2.23. The first-order valence-electron chi connectivity index (χ1n) is 8.53. The molecule has 1 aliphatic rings. The zero-order valence-electron chi connectivity index (χ0n) is 15.7. The molecule has 4 unspecified atom stereocenters. The largest absolute Gasteiger partial charge is 0.348 e. The number of alkyl halides is 1. The molecule has 0 spiro atoms. The van der Waals surface area contributed by atoms with Gasteiger partial charge in [0.05, 0.1) is 15.8 Å². The lowest BCUT2D eigenvalue weighted by Gasteiger charge is -2.21. The molecule has 1 aliphatic heterocycles. The molecule has 1 fully saturated rings. The summed E-state index contributed by atoms with van der Waals surface area (Å²) in [7, 11) is -0.464. The Bertz CT molecular complexity index is 737. The van der Waals surface area contributed by atoms with Crippen molar-refractivity contribution in [2.45, 2.75) is 48.6 Å². The third-order valence-corrected chi connectivity index (χ3v) is 7.51. The second-order valence-electron chi connectivity index (χ2n) is 7.07. The van der Waals surface area contributed by atoms with Crippen molar-refractivity contribution in [3.8, 4) is 0 Å². The van der Waals surface area contributed by atoms with Gasteiger partial charge in [0.25, 0.3) is 0 Å². The van der Waals surface area contributed by atoms with Crippen LogP contribution in [0.1, 0.15) is 32.4 Å². The fourth-order valence-electron chi connectivity index (χ4n) is 2.82. The molecular formula is C17H27BrN4O3S. The summed E-state index contributed by atoms with van der Waals surface area (Å²) in [5.74, 6) is 0.272. The lowest BCUT2D eigenvalue weighted by molar-refractivity contribution is -0.123. The lowest BCUT2D eigenvalue weighted by atomic mass is 9.99. The van der Waals surface area contributed by atoms with Crippen LogP contribution in [0.4, 0.5) is 0 Å². The molecule has 1 saturated heterocycles. The van der Waals surface area contributed by atoms with Crippen LogP contribution in [0.25, 0.3) is 0 Å². The number of amides is 1. The number of rotatable bonds is 6. The van der Waals surface area contributed by atoms with Crippen LogP contribution in [0.3, 0.4) is 0 Å². The van der Waals surface area contributed by atoms with Gasteiger partial charge in [-0.15, -0.1) is 0 Å². The number of carbonyl (C=O) groups excluding carboxylic acids is 1. The van der Waals surface area contributed by atoms with Gasteiger partial charge in [-0.2, -0.15) is 0 Å². The summed E-state index contributed by atoms with van der Waals surface area (Å²) in [5, 5.41) is 2.98. The molecule has 0 aromatic heterocycles. The van der Waals surface area contributed by atoms with E-state index >= 15 is 0 Å². The number of halogens is 1. The molecule has 146 valence electrons. The number of benzene rings is 1. The average molecular weight is 447 g/mol. The highest BCUT2D eigenvalue weighted by Gasteiger charge is 2.40. The minimum atomic E-state index is -3.46. The molecule has 1 aromatic carbocycles. The van der Waals surface area contributed by atoms with E-state index in [2.05, 4.69) is 45.9 Å². The molecule has 2 rings (SSSR count). The maximum absolute atomic E-state index is 12.6. The monoisotopic (exact) mass is 446 g/mol. The Labute approximate surface area is 164 Å². The molecule has 0 saturated carbocycles. The minimum absolute atomic E-state index is 0.0117. The number of hydrogen-bond acceptors (Lipinski definition) is 5. The first-order valence-corrected chi connectivity index (χ1v) is 10.9. The van der Waals surface area contributed by atoms with E-state index in [0.717, 1.165) is 5.56 Å². The summed E-state index contributed by atoms with van der Waals surface area (Å²) in [5.41, 5.74) is 7.04. The molecule has 0 radical (unpaired) electrons. The third kappa shape index (κ3) is 4.45. The number of carbonyl (C=O) groups is 1. The Hall–Kier alpha value is -1.00. The van der Waals surface area contributed by atoms with Gasteiger partial charge in [0.1, 0.15) is 6.04 Å². The van der Waals surface area contributed by atoms with E-state index in [4.69, 9.17) is 0 Å². The van der Waals surface area contributed by atoms with E-state index in [9.17, 15) is 13.2 Å². The van der Waals surface area contributed by atoms with Crippen LogP contribution < -0.4 is 16.2 Å². The Morgan fingerprint density at radius 3 is 2.19 bits per heavy atom. The van der Waals surface area contributed by atoms with E-state index in [1.54, 1.807) is 24.3 Å². The maximum atomic E-state index is 12.6. The minimum Gasteiger partial charge on any atom is -0.348 e. The SMILES string of the molecule is CC(NC(=O)C1NNC(C(C)C)C1Br)c1ccc(S(=O)(=O)N(C)C)cc1. The molecule has 3 N–H and O–H groups in total. The molecule has 26 heavy (non-hydrogen) atoms. The van der Waals surface area contributed by atoms with Gasteiger partial charge in [0.15, 0.2) is 0 Å². The average Bonchev–Trinajstić information content (AvgIpc) is 2.96. The van der Waals surface area contributed by atoms with Crippen LogP contribution in [-0.4, -0.2) is 49.6 Å². The molecule has 0 bridgehead atoms. The van der Waals surface area contributed by atoms with Crippen LogP contribution in [0.15, 0.2) is 29.2 Å². The first kappa shape index (κ1) is 21.3. The first-order chi connectivity index (χ1) is 12.1. The van der Waals surface area contributed by atoms with Gasteiger partial charge in [-0.1, -0.05) is 41.9 Å². The van der Waals surface area contributed by atoms with E-state index in [1.165, 1.54) is 18.4 Å². The van der Waals surface area contributed by atoms with Crippen molar-refractivity contribution in [1.29, 1.82) is 0 Å². The van der Waals surface area contributed by atoms with Crippen molar-refractivity contribution in [1.82, 2.24) is 20.5 Å². The van der Waals surface area contributed by atoms with Crippen molar-refractivity contribution in [3.63, 3.8) is 0 Å². The fourth-order valence-corrected chi connectivity index (χ4v) is 4.84. The second kappa shape index (κ2) is 8.35. The predicted molar refractivity (Wildman–Crippen MR) is 105 cm³/mol. The van der Waals surface area contributed by atoms with Gasteiger partial charge in [0, 0.05) is 20.1 Å². The summed E-state index contributed by atoms with van der Waals surface area (Å²) >= 11 is 3.61. The molecule has 7 nitrogen and oxygen atoms in total. The van der Waals surface area contributed by atoms with Gasteiger partial charge >= 0.3 is 0 Å². The Morgan fingerprint density at radius 2 is 1.73 bits per heavy atom. The number of hydrazine groups is 1. The van der Waals surface area contributed by atoms with Crippen LogP contribution >= 0.6 is 15.9 Å².